The fourth-order valence-corrected chi connectivity index (χ4v) is 2.55. The van der Waals surface area contributed by atoms with Crippen molar-refractivity contribution in [1.82, 2.24) is 20.2 Å². The molecule has 0 aliphatic rings. The largest absolute Gasteiger partial charge is 0.352 e. The fraction of sp³-hybridized carbons (Fsp3) is 0.444. The molecule has 0 fully saturated rings. The molecular formula is C18H24N4O3. The molecule has 2 rings (SSSR count). The Morgan fingerprint density at radius 2 is 2.00 bits per heavy atom. The third-order valence-electron chi connectivity index (χ3n) is 3.76. The summed E-state index contributed by atoms with van der Waals surface area (Å²) in [6, 6.07) is 7.11. The Bertz CT molecular complexity index is 813. The van der Waals surface area contributed by atoms with E-state index in [0.717, 1.165) is 0 Å². The number of nitrogens with one attached hydrogen (secondary N) is 2. The highest BCUT2D eigenvalue weighted by Crippen LogP contribution is 2.07. The Balaban J connectivity index is 2.00. The van der Waals surface area contributed by atoms with Crippen LogP contribution in [0.15, 0.2) is 29.1 Å². The summed E-state index contributed by atoms with van der Waals surface area (Å²) < 4.78 is 0. The van der Waals surface area contributed by atoms with Crippen molar-refractivity contribution in [2.45, 2.75) is 39.7 Å². The number of aromatic amines is 1. The maximum atomic E-state index is 12.3. The van der Waals surface area contributed by atoms with Gasteiger partial charge in [-0.3, -0.25) is 14.4 Å². The normalized spacial score (nSPS) is 10.9. The first kappa shape index (κ1) is 18.6. The van der Waals surface area contributed by atoms with Gasteiger partial charge < -0.3 is 15.2 Å². The maximum Gasteiger partial charge on any atom is 0.258 e. The summed E-state index contributed by atoms with van der Waals surface area (Å²) in [4.78, 5) is 44.8. The van der Waals surface area contributed by atoms with E-state index in [4.69, 9.17) is 0 Å². The van der Waals surface area contributed by atoms with Crippen LogP contribution >= 0.6 is 0 Å². The third kappa shape index (κ3) is 5.14. The zero-order chi connectivity index (χ0) is 18.4. The lowest BCUT2D eigenvalue weighted by Crippen LogP contribution is -2.42. The zero-order valence-electron chi connectivity index (χ0n) is 14.8. The molecule has 0 aliphatic heterocycles. The summed E-state index contributed by atoms with van der Waals surface area (Å²) in [6.07, 6.45) is 0.505. The van der Waals surface area contributed by atoms with E-state index in [1.807, 2.05) is 26.8 Å². The van der Waals surface area contributed by atoms with Gasteiger partial charge in [-0.05, 0) is 32.9 Å². The first-order valence-electron chi connectivity index (χ1n) is 8.45. The number of carbonyl (C=O) groups is 2. The van der Waals surface area contributed by atoms with Crippen LogP contribution in [0, 0.1) is 0 Å². The van der Waals surface area contributed by atoms with Crippen LogP contribution < -0.4 is 10.9 Å². The van der Waals surface area contributed by atoms with Crippen LogP contribution in [0.1, 0.15) is 33.0 Å². The molecular weight excluding hydrogens is 320 g/mol. The van der Waals surface area contributed by atoms with Crippen LogP contribution in [-0.2, 0) is 16.0 Å². The summed E-state index contributed by atoms with van der Waals surface area (Å²) in [6.45, 7) is 6.06. The molecule has 0 radical (unpaired) electrons. The summed E-state index contributed by atoms with van der Waals surface area (Å²) in [7, 11) is 0. The molecule has 1 heterocycles. The highest BCUT2D eigenvalue weighted by Gasteiger charge is 2.16. The molecule has 2 N–H and O–H groups in total. The van der Waals surface area contributed by atoms with E-state index in [1.165, 1.54) is 4.90 Å². The Kier molecular flexibility index (Phi) is 6.27. The van der Waals surface area contributed by atoms with Crippen molar-refractivity contribution < 1.29 is 9.59 Å². The molecule has 0 aliphatic carbocycles. The van der Waals surface area contributed by atoms with E-state index in [0.29, 0.717) is 29.7 Å². The minimum Gasteiger partial charge on any atom is -0.352 e. The molecule has 0 unspecified atom stereocenters. The average molecular weight is 344 g/mol. The number of aromatic nitrogens is 2. The van der Waals surface area contributed by atoms with Crippen molar-refractivity contribution in [2.24, 2.45) is 0 Å². The van der Waals surface area contributed by atoms with Gasteiger partial charge in [0.05, 0.1) is 17.4 Å². The molecule has 1 aromatic heterocycles. The first-order chi connectivity index (χ1) is 11.9. The average Bonchev–Trinajstić information content (AvgIpc) is 2.57. The molecule has 25 heavy (non-hydrogen) atoms. The molecule has 1 aromatic carbocycles. The van der Waals surface area contributed by atoms with Gasteiger partial charge in [-0.2, -0.15) is 0 Å². The van der Waals surface area contributed by atoms with Gasteiger partial charge >= 0.3 is 0 Å². The number of rotatable bonds is 7. The van der Waals surface area contributed by atoms with Crippen LogP contribution in [0.4, 0.5) is 0 Å². The smallest absolute Gasteiger partial charge is 0.258 e. The van der Waals surface area contributed by atoms with Gasteiger partial charge in [0.15, 0.2) is 0 Å². The summed E-state index contributed by atoms with van der Waals surface area (Å²) in [5.74, 6) is 0.152. The third-order valence-corrected chi connectivity index (χ3v) is 3.76. The van der Waals surface area contributed by atoms with E-state index < -0.39 is 0 Å². The maximum absolute atomic E-state index is 12.3. The second-order valence-electron chi connectivity index (χ2n) is 6.16. The topological polar surface area (TPSA) is 95.2 Å². The van der Waals surface area contributed by atoms with E-state index >= 15 is 0 Å². The Hall–Kier alpha value is -2.70. The number of fused-ring (bicyclic) bond motifs is 1. The molecule has 134 valence electrons. The highest BCUT2D eigenvalue weighted by molar-refractivity contribution is 5.85. The number of likely N-dealkylation sites (N-methyl/N-ethyl adjacent to an activating group) is 1. The lowest BCUT2D eigenvalue weighted by Gasteiger charge is -2.21. The fourth-order valence-electron chi connectivity index (χ4n) is 2.55. The number of benzene rings is 1. The lowest BCUT2D eigenvalue weighted by atomic mass is 10.2. The van der Waals surface area contributed by atoms with Gasteiger partial charge in [0.2, 0.25) is 11.8 Å². The number of hydrogen-bond donors (Lipinski definition) is 2. The second-order valence-corrected chi connectivity index (χ2v) is 6.16. The molecule has 0 bridgehead atoms. The van der Waals surface area contributed by atoms with Crippen molar-refractivity contribution in [3.8, 4) is 0 Å². The number of carbonyl (C=O) groups excluding carboxylic acids is 2. The van der Waals surface area contributed by atoms with E-state index in [2.05, 4.69) is 15.3 Å². The molecule has 7 heteroatoms. The number of aryl methyl sites for hydroxylation is 1. The lowest BCUT2D eigenvalue weighted by molar-refractivity contribution is -0.136. The molecule has 0 saturated heterocycles. The van der Waals surface area contributed by atoms with Gasteiger partial charge in [0.25, 0.3) is 5.56 Å². The summed E-state index contributed by atoms with van der Waals surface area (Å²) in [5, 5.41) is 3.30. The Morgan fingerprint density at radius 1 is 1.28 bits per heavy atom. The molecule has 7 nitrogen and oxygen atoms in total. The quantitative estimate of drug-likeness (QED) is 0.790. The van der Waals surface area contributed by atoms with Gasteiger partial charge in [0.1, 0.15) is 5.82 Å². The number of para-hydroxylation sites is 1. The SMILES string of the molecule is CCN(CC(=O)NC(C)C)C(=O)CCc1nc2ccccc2c(=O)[nH]1. The van der Waals surface area contributed by atoms with Crippen LogP contribution in [0.2, 0.25) is 0 Å². The summed E-state index contributed by atoms with van der Waals surface area (Å²) >= 11 is 0. The van der Waals surface area contributed by atoms with Crippen LogP contribution in [-0.4, -0.2) is 45.8 Å². The van der Waals surface area contributed by atoms with Crippen molar-refractivity contribution in [2.75, 3.05) is 13.1 Å². The van der Waals surface area contributed by atoms with Gasteiger partial charge in [0, 0.05) is 25.4 Å². The van der Waals surface area contributed by atoms with Crippen LogP contribution in [0.25, 0.3) is 10.9 Å². The standard InChI is InChI=1S/C18H24N4O3/c1-4-22(11-16(23)19-12(2)3)17(24)10-9-15-20-14-8-6-5-7-13(14)18(25)21-15/h5-8,12H,4,9-11H2,1-3H3,(H,19,23)(H,20,21,25). The predicted octanol–water partition coefficient (Wildman–Crippen LogP) is 1.23. The number of nitrogens with zero attached hydrogens (tertiary/aromatic N) is 2. The van der Waals surface area contributed by atoms with Crippen molar-refractivity contribution >= 4 is 22.7 Å². The second kappa shape index (κ2) is 8.41. The summed E-state index contributed by atoms with van der Waals surface area (Å²) in [5.41, 5.74) is 0.397. The predicted molar refractivity (Wildman–Crippen MR) is 96.2 cm³/mol. The molecule has 2 amide bonds. The van der Waals surface area contributed by atoms with Crippen molar-refractivity contribution in [3.05, 3.63) is 40.4 Å². The van der Waals surface area contributed by atoms with Gasteiger partial charge in [-0.1, -0.05) is 12.1 Å². The van der Waals surface area contributed by atoms with E-state index in [-0.39, 0.29) is 36.4 Å². The van der Waals surface area contributed by atoms with Crippen LogP contribution in [0.5, 0.6) is 0 Å². The van der Waals surface area contributed by atoms with E-state index in [9.17, 15) is 14.4 Å². The Morgan fingerprint density at radius 3 is 2.68 bits per heavy atom. The molecule has 0 saturated carbocycles. The number of H-pyrrole nitrogens is 1. The monoisotopic (exact) mass is 344 g/mol. The van der Waals surface area contributed by atoms with Crippen LogP contribution in [0.3, 0.4) is 0 Å². The first-order valence-corrected chi connectivity index (χ1v) is 8.45. The Labute approximate surface area is 146 Å². The minimum absolute atomic E-state index is 0.0354. The van der Waals surface area contributed by atoms with Crippen molar-refractivity contribution in [3.63, 3.8) is 0 Å². The van der Waals surface area contributed by atoms with Gasteiger partial charge in [-0.25, -0.2) is 4.98 Å². The molecule has 0 atom stereocenters. The highest BCUT2D eigenvalue weighted by atomic mass is 16.2. The minimum atomic E-state index is -0.211. The van der Waals surface area contributed by atoms with Gasteiger partial charge in [-0.15, -0.1) is 0 Å². The molecule has 2 aromatic rings. The van der Waals surface area contributed by atoms with Crippen molar-refractivity contribution in [1.29, 1.82) is 0 Å². The number of hydrogen-bond acceptors (Lipinski definition) is 4. The number of amides is 2. The molecule has 0 spiro atoms. The van der Waals surface area contributed by atoms with E-state index in [1.54, 1.807) is 18.2 Å². The zero-order valence-corrected chi connectivity index (χ0v) is 14.8.